The minimum Gasteiger partial charge on any atom is -0.434 e. The Kier molecular flexibility index (Phi) is 4.73. The third-order valence-electron chi connectivity index (χ3n) is 8.26. The molecular weight excluding hydrogens is 476 g/mol. The molecule has 1 fully saturated rings. The summed E-state index contributed by atoms with van der Waals surface area (Å²) in [6, 6.07) is 14.2. The first-order valence-corrected chi connectivity index (χ1v) is 12.5. The number of hydrogen-bond donors (Lipinski definition) is 1. The van der Waals surface area contributed by atoms with Crippen LogP contribution in [0.4, 0.5) is 8.78 Å². The molecule has 2 bridgehead atoms. The van der Waals surface area contributed by atoms with Crippen molar-refractivity contribution < 1.29 is 18.3 Å². The summed E-state index contributed by atoms with van der Waals surface area (Å²) in [7, 11) is 1.74. The summed E-state index contributed by atoms with van der Waals surface area (Å²) in [6.07, 6.45) is 5.41. The Hall–Kier alpha value is -3.85. The van der Waals surface area contributed by atoms with Crippen molar-refractivity contribution in [1.82, 2.24) is 19.4 Å². The van der Waals surface area contributed by atoms with Crippen LogP contribution in [0.5, 0.6) is 5.75 Å². The van der Waals surface area contributed by atoms with Crippen molar-refractivity contribution in [2.45, 2.75) is 49.9 Å². The monoisotopic (exact) mass is 501 g/mol. The number of benzene rings is 2. The molecule has 3 aliphatic rings. The molecule has 37 heavy (non-hydrogen) atoms. The third-order valence-corrected chi connectivity index (χ3v) is 8.26. The maximum atomic E-state index is 13.3. The molecule has 4 aromatic rings. The number of hydrogen-bond acceptors (Lipinski definition) is 5. The average Bonchev–Trinajstić information content (AvgIpc) is 3.40. The van der Waals surface area contributed by atoms with Gasteiger partial charge in [-0.25, -0.2) is 4.98 Å². The summed E-state index contributed by atoms with van der Waals surface area (Å²) < 4.78 is 33.6. The summed E-state index contributed by atoms with van der Waals surface area (Å²) in [4.78, 5) is 24.5. The van der Waals surface area contributed by atoms with Crippen LogP contribution in [0, 0.1) is 0 Å². The van der Waals surface area contributed by atoms with Crippen LogP contribution in [0.15, 0.2) is 54.7 Å². The van der Waals surface area contributed by atoms with E-state index in [1.807, 2.05) is 30.5 Å². The van der Waals surface area contributed by atoms with E-state index in [2.05, 4.69) is 15.6 Å². The van der Waals surface area contributed by atoms with Gasteiger partial charge in [-0.05, 0) is 55.2 Å². The van der Waals surface area contributed by atoms with E-state index in [-0.39, 0.29) is 29.3 Å². The second-order valence-corrected chi connectivity index (χ2v) is 10.3. The molecule has 1 aliphatic carbocycles. The molecule has 0 spiro atoms. The highest BCUT2D eigenvalue weighted by molar-refractivity contribution is 5.98. The van der Waals surface area contributed by atoms with Gasteiger partial charge >= 0.3 is 6.61 Å². The highest BCUT2D eigenvalue weighted by Crippen LogP contribution is 2.50. The van der Waals surface area contributed by atoms with Crippen LogP contribution < -0.4 is 10.5 Å². The van der Waals surface area contributed by atoms with E-state index in [1.165, 1.54) is 6.07 Å². The molecule has 7 rings (SSSR count). The zero-order valence-corrected chi connectivity index (χ0v) is 20.2. The molecule has 1 saturated carbocycles. The molecule has 0 unspecified atom stereocenters. The minimum absolute atomic E-state index is 0.0252. The number of alkyl halides is 2. The fourth-order valence-corrected chi connectivity index (χ4v) is 6.13. The Morgan fingerprint density at radius 1 is 1.11 bits per heavy atom. The van der Waals surface area contributed by atoms with Gasteiger partial charge in [0.15, 0.2) is 0 Å². The summed E-state index contributed by atoms with van der Waals surface area (Å²) in [6.45, 7) is -2.99. The second-order valence-electron chi connectivity index (χ2n) is 10.3. The number of aromatic nitrogens is 3. The lowest BCUT2D eigenvalue weighted by molar-refractivity contribution is -0.0507. The summed E-state index contributed by atoms with van der Waals surface area (Å²) in [5.74, 6) is 0.544. The van der Waals surface area contributed by atoms with Crippen LogP contribution in [-0.4, -0.2) is 39.0 Å². The van der Waals surface area contributed by atoms with E-state index < -0.39 is 6.61 Å². The van der Waals surface area contributed by atoms with Crippen LogP contribution in [0.2, 0.25) is 0 Å². The Bertz CT molecular complexity index is 1560. The number of ether oxygens (including phenoxy) is 1. The zero-order chi connectivity index (χ0) is 25.5. The van der Waals surface area contributed by atoms with Crippen LogP contribution in [0.3, 0.4) is 0 Å². The smallest absolute Gasteiger partial charge is 0.387 e. The lowest BCUT2D eigenvalue weighted by Crippen LogP contribution is -2.43. The standard InChI is InChI=1S/C28H25F2N5O2/c1-34-21-13-20(24-17(26(34)36)4-2-5-22(24)37-27(29)30)35-19-12-15(6-8-18(19)33-25(21)35)16-7-9-23(32-14-16)28(31)10-3-11-28/h2,4-9,12,14,20-21,27H,3,10-11,13,31H2,1H3/t20-,21-/m1/s1. The molecule has 9 heteroatoms. The first-order valence-electron chi connectivity index (χ1n) is 12.5. The highest BCUT2D eigenvalue weighted by atomic mass is 19.3. The fourth-order valence-electron chi connectivity index (χ4n) is 6.13. The average molecular weight is 502 g/mol. The number of pyridine rings is 1. The number of rotatable bonds is 4. The lowest BCUT2D eigenvalue weighted by atomic mass is 9.75. The van der Waals surface area contributed by atoms with Crippen molar-refractivity contribution in [2.24, 2.45) is 5.73 Å². The molecule has 0 radical (unpaired) electrons. The van der Waals surface area contributed by atoms with Gasteiger partial charge in [-0.3, -0.25) is 9.78 Å². The molecule has 1 amide bonds. The molecule has 2 N–H and O–H groups in total. The first kappa shape index (κ1) is 22.4. The molecular formula is C28H25F2N5O2. The van der Waals surface area contributed by atoms with Crippen molar-refractivity contribution in [3.05, 3.63) is 77.4 Å². The molecule has 0 saturated heterocycles. The normalized spacial score (nSPS) is 21.5. The molecule has 4 heterocycles. The van der Waals surface area contributed by atoms with E-state index in [4.69, 9.17) is 15.5 Å². The Morgan fingerprint density at radius 2 is 1.92 bits per heavy atom. The first-order chi connectivity index (χ1) is 17.8. The van der Waals surface area contributed by atoms with E-state index in [1.54, 1.807) is 24.1 Å². The van der Waals surface area contributed by atoms with E-state index in [0.717, 1.165) is 52.9 Å². The number of nitrogens with two attached hydrogens (primary N) is 1. The number of imidazole rings is 1. The third kappa shape index (κ3) is 3.23. The lowest BCUT2D eigenvalue weighted by Gasteiger charge is -2.37. The van der Waals surface area contributed by atoms with Crippen molar-refractivity contribution in [1.29, 1.82) is 0 Å². The zero-order valence-electron chi connectivity index (χ0n) is 20.2. The predicted molar refractivity (Wildman–Crippen MR) is 133 cm³/mol. The largest absolute Gasteiger partial charge is 0.434 e. The van der Waals surface area contributed by atoms with Crippen molar-refractivity contribution in [3.63, 3.8) is 0 Å². The van der Waals surface area contributed by atoms with Crippen LogP contribution in [0.1, 0.15) is 65.2 Å². The quantitative estimate of drug-likeness (QED) is 0.418. The molecule has 188 valence electrons. The maximum Gasteiger partial charge on any atom is 0.387 e. The number of carbonyl (C=O) groups is 1. The number of halogens is 2. The summed E-state index contributed by atoms with van der Waals surface area (Å²) in [5.41, 5.74) is 11.5. The molecule has 2 aromatic heterocycles. The van der Waals surface area contributed by atoms with Crippen LogP contribution in [0.25, 0.3) is 22.2 Å². The van der Waals surface area contributed by atoms with Gasteiger partial charge in [-0.15, -0.1) is 0 Å². The number of nitrogens with zero attached hydrogens (tertiary/aromatic N) is 4. The summed E-state index contributed by atoms with van der Waals surface area (Å²) in [5, 5.41) is 0. The van der Waals surface area contributed by atoms with Crippen molar-refractivity contribution in [2.75, 3.05) is 7.05 Å². The van der Waals surface area contributed by atoms with E-state index >= 15 is 0 Å². The molecule has 7 nitrogen and oxygen atoms in total. The Balaban J connectivity index is 1.37. The van der Waals surface area contributed by atoms with Gasteiger partial charge in [0, 0.05) is 36.4 Å². The van der Waals surface area contributed by atoms with Crippen molar-refractivity contribution in [3.8, 4) is 16.9 Å². The SMILES string of the molecule is CN1C(=O)c2cccc(OC(F)F)c2[C@H]2C[C@@H]1c1nc3ccc(-c4ccc(C5(N)CCC5)nc4)cc3n12. The fraction of sp³-hybridized carbons (Fsp3) is 0.321. The van der Waals surface area contributed by atoms with Gasteiger partial charge in [-0.2, -0.15) is 8.78 Å². The molecule has 2 aliphatic heterocycles. The summed E-state index contributed by atoms with van der Waals surface area (Å²) >= 11 is 0. The molecule has 2 atom stereocenters. The minimum atomic E-state index is -2.99. The van der Waals surface area contributed by atoms with Gasteiger partial charge in [0.05, 0.1) is 34.3 Å². The maximum absolute atomic E-state index is 13.3. The van der Waals surface area contributed by atoms with Crippen LogP contribution >= 0.6 is 0 Å². The predicted octanol–water partition coefficient (Wildman–Crippen LogP) is 5.16. The molecule has 2 aromatic carbocycles. The van der Waals surface area contributed by atoms with E-state index in [9.17, 15) is 13.6 Å². The van der Waals surface area contributed by atoms with Crippen molar-refractivity contribution >= 4 is 16.9 Å². The number of amides is 1. The topological polar surface area (TPSA) is 86.3 Å². The second kappa shape index (κ2) is 7.82. The van der Waals surface area contributed by atoms with Gasteiger partial charge in [-0.1, -0.05) is 18.2 Å². The number of carbonyl (C=O) groups excluding carboxylic acids is 1. The Labute approximate surface area is 211 Å². The van der Waals surface area contributed by atoms with E-state index in [0.29, 0.717) is 17.5 Å². The Morgan fingerprint density at radius 3 is 2.62 bits per heavy atom. The van der Waals surface area contributed by atoms with Gasteiger partial charge in [0.1, 0.15) is 11.6 Å². The highest BCUT2D eigenvalue weighted by Gasteiger charge is 2.45. The van der Waals surface area contributed by atoms with Gasteiger partial charge < -0.3 is 19.9 Å². The number of fused-ring (bicyclic) bond motifs is 9. The van der Waals surface area contributed by atoms with Gasteiger partial charge in [0.2, 0.25) is 0 Å². The van der Waals surface area contributed by atoms with Gasteiger partial charge in [0.25, 0.3) is 5.91 Å². The van der Waals surface area contributed by atoms with Crippen LogP contribution in [-0.2, 0) is 5.54 Å².